The number of hydrogen-bond donors (Lipinski definition) is 0. The molecular weight excluding hydrogens is 486 g/mol. The highest BCUT2D eigenvalue weighted by Crippen LogP contribution is 2.25. The Kier molecular flexibility index (Phi) is 10.8. The van der Waals surface area contributed by atoms with E-state index in [0.717, 1.165) is 43.5 Å². The Morgan fingerprint density at radius 1 is 0.872 bits per heavy atom. The van der Waals surface area contributed by atoms with E-state index in [1.54, 1.807) is 4.90 Å². The standard InChI is InChI=1S/C33H43N3O3/c1-27(2)21-35(33(38)26-39-25-29-15-8-4-9-16-29)24-32(37)36(30-17-10-5-11-18-30)23-31-19-12-20-34(31)22-28-13-6-3-7-14-28/h3-4,6-9,12-16,19-20,27,30H,5,10-11,17-18,21-26H2,1-2H3. The van der Waals surface area contributed by atoms with Gasteiger partial charge in [-0.25, -0.2) is 0 Å². The Bertz CT molecular complexity index is 1150. The first kappa shape index (κ1) is 28.6. The fraction of sp³-hybridized carbons (Fsp3) is 0.455. The van der Waals surface area contributed by atoms with Crippen LogP contribution in [0.5, 0.6) is 0 Å². The molecule has 0 aliphatic heterocycles. The van der Waals surface area contributed by atoms with E-state index in [1.807, 2.05) is 41.3 Å². The van der Waals surface area contributed by atoms with Crippen LogP contribution in [0.2, 0.25) is 0 Å². The summed E-state index contributed by atoms with van der Waals surface area (Å²) in [7, 11) is 0. The van der Waals surface area contributed by atoms with E-state index in [4.69, 9.17) is 4.74 Å². The first-order valence-electron chi connectivity index (χ1n) is 14.4. The van der Waals surface area contributed by atoms with Gasteiger partial charge in [-0.1, -0.05) is 93.8 Å². The number of ether oxygens (including phenoxy) is 1. The van der Waals surface area contributed by atoms with Gasteiger partial charge in [0.05, 0.1) is 19.7 Å². The molecule has 0 saturated heterocycles. The highest BCUT2D eigenvalue weighted by atomic mass is 16.5. The van der Waals surface area contributed by atoms with Gasteiger partial charge in [0.25, 0.3) is 0 Å². The fourth-order valence-electron chi connectivity index (χ4n) is 5.39. The van der Waals surface area contributed by atoms with E-state index in [1.165, 1.54) is 12.0 Å². The van der Waals surface area contributed by atoms with Gasteiger partial charge in [-0.05, 0) is 42.0 Å². The Labute approximate surface area is 233 Å². The van der Waals surface area contributed by atoms with Gasteiger partial charge in [0.2, 0.25) is 11.8 Å². The van der Waals surface area contributed by atoms with Crippen LogP contribution in [-0.4, -0.2) is 51.9 Å². The topological polar surface area (TPSA) is 54.8 Å². The first-order chi connectivity index (χ1) is 19.0. The Hall–Kier alpha value is -3.38. The predicted molar refractivity (Wildman–Crippen MR) is 155 cm³/mol. The number of nitrogens with zero attached hydrogens (tertiary/aromatic N) is 3. The van der Waals surface area contributed by atoms with E-state index in [-0.39, 0.29) is 36.9 Å². The molecule has 0 radical (unpaired) electrons. The average Bonchev–Trinajstić information content (AvgIpc) is 3.39. The minimum Gasteiger partial charge on any atom is -0.367 e. The van der Waals surface area contributed by atoms with Crippen molar-refractivity contribution in [3.05, 3.63) is 95.8 Å². The van der Waals surface area contributed by atoms with Gasteiger partial charge in [0, 0.05) is 31.0 Å². The molecule has 1 aliphatic carbocycles. The minimum atomic E-state index is -0.135. The Morgan fingerprint density at radius 3 is 2.21 bits per heavy atom. The van der Waals surface area contributed by atoms with Crippen molar-refractivity contribution in [3.8, 4) is 0 Å². The van der Waals surface area contributed by atoms with Crippen LogP contribution in [0.1, 0.15) is 62.8 Å². The molecule has 208 valence electrons. The van der Waals surface area contributed by atoms with Crippen LogP contribution < -0.4 is 0 Å². The van der Waals surface area contributed by atoms with Crippen LogP contribution >= 0.6 is 0 Å². The van der Waals surface area contributed by atoms with Crippen molar-refractivity contribution >= 4 is 11.8 Å². The summed E-state index contributed by atoms with van der Waals surface area (Å²) in [5, 5.41) is 0. The highest BCUT2D eigenvalue weighted by molar-refractivity contribution is 5.85. The van der Waals surface area contributed by atoms with Crippen molar-refractivity contribution in [1.29, 1.82) is 0 Å². The normalized spacial score (nSPS) is 13.9. The van der Waals surface area contributed by atoms with Gasteiger partial charge in [0.15, 0.2) is 0 Å². The zero-order chi connectivity index (χ0) is 27.5. The summed E-state index contributed by atoms with van der Waals surface area (Å²) in [5.41, 5.74) is 3.37. The second-order valence-electron chi connectivity index (χ2n) is 11.1. The maximum absolute atomic E-state index is 13.9. The van der Waals surface area contributed by atoms with E-state index in [9.17, 15) is 9.59 Å². The fourth-order valence-corrected chi connectivity index (χ4v) is 5.39. The second-order valence-corrected chi connectivity index (χ2v) is 11.1. The van der Waals surface area contributed by atoms with Gasteiger partial charge in [-0.2, -0.15) is 0 Å². The summed E-state index contributed by atoms with van der Waals surface area (Å²) in [6.45, 7) is 6.44. The summed E-state index contributed by atoms with van der Waals surface area (Å²) in [5.74, 6) is 0.137. The number of carbonyl (C=O) groups excluding carboxylic acids is 2. The number of hydrogen-bond acceptors (Lipinski definition) is 3. The maximum Gasteiger partial charge on any atom is 0.249 e. The van der Waals surface area contributed by atoms with Gasteiger partial charge in [-0.15, -0.1) is 0 Å². The molecular formula is C33H43N3O3. The molecule has 1 heterocycles. The zero-order valence-electron chi connectivity index (χ0n) is 23.5. The molecule has 39 heavy (non-hydrogen) atoms. The molecule has 1 aromatic heterocycles. The van der Waals surface area contributed by atoms with Crippen molar-refractivity contribution in [3.63, 3.8) is 0 Å². The van der Waals surface area contributed by atoms with Crippen LogP contribution in [0.4, 0.5) is 0 Å². The molecule has 6 heteroatoms. The van der Waals surface area contributed by atoms with E-state index in [0.29, 0.717) is 19.7 Å². The monoisotopic (exact) mass is 529 g/mol. The smallest absolute Gasteiger partial charge is 0.249 e. The van der Waals surface area contributed by atoms with Crippen LogP contribution in [0, 0.1) is 5.92 Å². The van der Waals surface area contributed by atoms with Crippen molar-refractivity contribution in [2.75, 3.05) is 19.7 Å². The molecule has 0 bridgehead atoms. The molecule has 0 N–H and O–H groups in total. The molecule has 1 aliphatic rings. The van der Waals surface area contributed by atoms with Gasteiger partial charge in [0.1, 0.15) is 6.61 Å². The van der Waals surface area contributed by atoms with Crippen molar-refractivity contribution in [1.82, 2.24) is 14.4 Å². The van der Waals surface area contributed by atoms with Crippen LogP contribution in [0.25, 0.3) is 0 Å². The van der Waals surface area contributed by atoms with Gasteiger partial charge >= 0.3 is 0 Å². The second kappa shape index (κ2) is 14.7. The zero-order valence-corrected chi connectivity index (χ0v) is 23.5. The molecule has 2 amide bonds. The van der Waals surface area contributed by atoms with E-state index >= 15 is 0 Å². The largest absolute Gasteiger partial charge is 0.367 e. The number of rotatable bonds is 13. The third-order valence-electron chi connectivity index (χ3n) is 7.39. The van der Waals surface area contributed by atoms with Crippen molar-refractivity contribution in [2.24, 2.45) is 5.92 Å². The Balaban J connectivity index is 1.45. The lowest BCUT2D eigenvalue weighted by molar-refractivity contribution is -0.145. The predicted octanol–water partition coefficient (Wildman–Crippen LogP) is 5.90. The summed E-state index contributed by atoms with van der Waals surface area (Å²) >= 11 is 0. The lowest BCUT2D eigenvalue weighted by Gasteiger charge is -2.36. The molecule has 0 atom stereocenters. The molecule has 0 unspecified atom stereocenters. The van der Waals surface area contributed by atoms with Crippen LogP contribution in [-0.2, 0) is 34.0 Å². The Morgan fingerprint density at radius 2 is 1.54 bits per heavy atom. The average molecular weight is 530 g/mol. The maximum atomic E-state index is 13.9. The van der Waals surface area contributed by atoms with Crippen LogP contribution in [0.3, 0.4) is 0 Å². The summed E-state index contributed by atoms with van der Waals surface area (Å²) in [6.07, 6.45) is 7.62. The lowest BCUT2D eigenvalue weighted by atomic mass is 9.94. The molecule has 1 saturated carbocycles. The molecule has 6 nitrogen and oxygen atoms in total. The number of amides is 2. The van der Waals surface area contributed by atoms with E-state index in [2.05, 4.69) is 61.0 Å². The molecule has 4 rings (SSSR count). The number of benzene rings is 2. The third kappa shape index (κ3) is 8.82. The summed E-state index contributed by atoms with van der Waals surface area (Å²) in [4.78, 5) is 30.9. The highest BCUT2D eigenvalue weighted by Gasteiger charge is 2.29. The quantitative estimate of drug-likeness (QED) is 0.277. The molecule has 0 spiro atoms. The van der Waals surface area contributed by atoms with E-state index < -0.39 is 0 Å². The summed E-state index contributed by atoms with van der Waals surface area (Å²) < 4.78 is 7.97. The molecule has 2 aromatic carbocycles. The minimum absolute atomic E-state index is 0.0198. The number of carbonyl (C=O) groups is 2. The summed E-state index contributed by atoms with van der Waals surface area (Å²) in [6, 6.07) is 24.6. The molecule has 1 fully saturated rings. The lowest BCUT2D eigenvalue weighted by Crippen LogP contribution is -2.49. The SMILES string of the molecule is CC(C)CN(CC(=O)N(Cc1cccn1Cc1ccccc1)C1CCCCC1)C(=O)COCc1ccccc1. The van der Waals surface area contributed by atoms with Crippen LogP contribution in [0.15, 0.2) is 79.0 Å². The molecule has 3 aromatic rings. The third-order valence-corrected chi connectivity index (χ3v) is 7.39. The van der Waals surface area contributed by atoms with Crippen molar-refractivity contribution < 1.29 is 14.3 Å². The van der Waals surface area contributed by atoms with Gasteiger partial charge in [-0.3, -0.25) is 9.59 Å². The first-order valence-corrected chi connectivity index (χ1v) is 14.4. The van der Waals surface area contributed by atoms with Gasteiger partial charge < -0.3 is 19.1 Å². The van der Waals surface area contributed by atoms with Crippen molar-refractivity contribution in [2.45, 2.75) is 71.7 Å². The number of aromatic nitrogens is 1.